The molecule has 2 amide bonds. The topological polar surface area (TPSA) is 50.4 Å². The monoisotopic (exact) mass is 338 g/mol. The Labute approximate surface area is 139 Å². The van der Waals surface area contributed by atoms with Gasteiger partial charge in [0.2, 0.25) is 0 Å². The molecular weight excluding hydrogens is 323 g/mol. The van der Waals surface area contributed by atoms with Gasteiger partial charge in [-0.3, -0.25) is 0 Å². The highest BCUT2D eigenvalue weighted by atomic mass is 35.5. The predicted molar refractivity (Wildman–Crippen MR) is 90.2 cm³/mol. The smallest absolute Gasteiger partial charge is 0.319 e. The Hall–Kier alpha value is -1.91. The Kier molecular flexibility index (Phi) is 5.92. The highest BCUT2D eigenvalue weighted by Gasteiger charge is 2.05. The Morgan fingerprint density at radius 2 is 2.00 bits per heavy atom. The lowest BCUT2D eigenvalue weighted by molar-refractivity contribution is 0.252. The van der Waals surface area contributed by atoms with Gasteiger partial charge in [-0.15, -0.1) is 0 Å². The number of methoxy groups -OCH3 is 1. The summed E-state index contributed by atoms with van der Waals surface area (Å²) in [6, 6.07) is 12.3. The molecule has 2 N–H and O–H groups in total. The van der Waals surface area contributed by atoms with Crippen LogP contribution in [0.1, 0.15) is 5.56 Å². The number of carbonyl (C=O) groups is 1. The quantitative estimate of drug-likeness (QED) is 0.850. The minimum Gasteiger partial charge on any atom is -0.495 e. The van der Waals surface area contributed by atoms with Crippen LogP contribution in [0.3, 0.4) is 0 Å². The maximum Gasteiger partial charge on any atom is 0.319 e. The Morgan fingerprint density at radius 1 is 1.18 bits per heavy atom. The summed E-state index contributed by atoms with van der Waals surface area (Å²) in [5, 5.41) is 6.63. The number of urea groups is 1. The van der Waals surface area contributed by atoms with Crippen LogP contribution < -0.4 is 15.4 Å². The van der Waals surface area contributed by atoms with E-state index in [9.17, 15) is 4.79 Å². The van der Waals surface area contributed by atoms with E-state index in [4.69, 9.17) is 27.9 Å². The SMILES string of the molecule is COc1ccc(NC(=O)NCCc2cccc(Cl)c2)cc1Cl. The molecule has 0 aliphatic heterocycles. The minimum atomic E-state index is -0.289. The molecule has 0 aliphatic rings. The van der Waals surface area contributed by atoms with Gasteiger partial charge in [0.05, 0.1) is 12.1 Å². The van der Waals surface area contributed by atoms with Crippen LogP contribution in [-0.2, 0) is 6.42 Å². The van der Waals surface area contributed by atoms with Gasteiger partial charge in [-0.1, -0.05) is 35.3 Å². The molecule has 0 aliphatic carbocycles. The summed E-state index contributed by atoms with van der Waals surface area (Å²) < 4.78 is 5.06. The number of ether oxygens (including phenoxy) is 1. The van der Waals surface area contributed by atoms with E-state index in [1.807, 2.05) is 24.3 Å². The van der Waals surface area contributed by atoms with Crippen LogP contribution in [0.5, 0.6) is 5.75 Å². The van der Waals surface area contributed by atoms with E-state index in [0.717, 1.165) is 5.56 Å². The molecular formula is C16H16Cl2N2O2. The molecule has 0 bridgehead atoms. The Balaban J connectivity index is 1.82. The third kappa shape index (κ3) is 4.83. The number of nitrogens with one attached hydrogen (secondary N) is 2. The second-order valence-electron chi connectivity index (χ2n) is 4.61. The lowest BCUT2D eigenvalue weighted by Crippen LogP contribution is -2.30. The molecule has 0 saturated heterocycles. The van der Waals surface area contributed by atoms with Crippen molar-refractivity contribution in [3.63, 3.8) is 0 Å². The summed E-state index contributed by atoms with van der Waals surface area (Å²) in [5.74, 6) is 0.564. The fraction of sp³-hybridized carbons (Fsp3) is 0.188. The van der Waals surface area contributed by atoms with Crippen molar-refractivity contribution in [1.82, 2.24) is 5.32 Å². The van der Waals surface area contributed by atoms with Crippen molar-refractivity contribution < 1.29 is 9.53 Å². The molecule has 22 heavy (non-hydrogen) atoms. The van der Waals surface area contributed by atoms with Crippen molar-refractivity contribution in [2.75, 3.05) is 19.0 Å². The van der Waals surface area contributed by atoms with Gasteiger partial charge in [0.25, 0.3) is 0 Å². The number of anilines is 1. The van der Waals surface area contributed by atoms with Gasteiger partial charge in [0.15, 0.2) is 0 Å². The van der Waals surface area contributed by atoms with Crippen molar-refractivity contribution >= 4 is 34.9 Å². The van der Waals surface area contributed by atoms with Crippen LogP contribution in [0.2, 0.25) is 10.0 Å². The number of hydrogen-bond donors (Lipinski definition) is 2. The van der Waals surface area contributed by atoms with Crippen molar-refractivity contribution in [2.45, 2.75) is 6.42 Å². The summed E-state index contributed by atoms with van der Waals surface area (Å²) in [4.78, 5) is 11.8. The predicted octanol–water partition coefficient (Wildman–Crippen LogP) is 4.37. The maximum absolute atomic E-state index is 11.8. The molecule has 0 fully saturated rings. The van der Waals surface area contributed by atoms with Gasteiger partial charge in [-0.25, -0.2) is 4.79 Å². The van der Waals surface area contributed by atoms with Crippen LogP contribution in [0.25, 0.3) is 0 Å². The molecule has 4 nitrogen and oxygen atoms in total. The first-order valence-corrected chi connectivity index (χ1v) is 7.47. The van der Waals surface area contributed by atoms with Crippen LogP contribution in [0.4, 0.5) is 10.5 Å². The number of hydrogen-bond acceptors (Lipinski definition) is 2. The van der Waals surface area contributed by atoms with Crippen molar-refractivity contribution in [3.05, 3.63) is 58.1 Å². The first kappa shape index (κ1) is 16.5. The zero-order chi connectivity index (χ0) is 15.9. The first-order valence-electron chi connectivity index (χ1n) is 6.71. The number of halogens is 2. The molecule has 0 heterocycles. The van der Waals surface area contributed by atoms with Crippen molar-refractivity contribution in [2.24, 2.45) is 0 Å². The van der Waals surface area contributed by atoms with Gasteiger partial charge in [-0.05, 0) is 42.3 Å². The largest absolute Gasteiger partial charge is 0.495 e. The summed E-state index contributed by atoms with van der Waals surface area (Å²) in [6.07, 6.45) is 0.706. The minimum absolute atomic E-state index is 0.289. The summed E-state index contributed by atoms with van der Waals surface area (Å²) >= 11 is 11.9. The van der Waals surface area contributed by atoms with E-state index >= 15 is 0 Å². The van der Waals surface area contributed by atoms with E-state index in [1.54, 1.807) is 18.2 Å². The van der Waals surface area contributed by atoms with Gasteiger partial charge >= 0.3 is 6.03 Å². The highest BCUT2D eigenvalue weighted by Crippen LogP contribution is 2.27. The molecule has 0 atom stereocenters. The average Bonchev–Trinajstić information content (AvgIpc) is 2.47. The van der Waals surface area contributed by atoms with Crippen LogP contribution in [-0.4, -0.2) is 19.7 Å². The lowest BCUT2D eigenvalue weighted by Gasteiger charge is -2.09. The molecule has 116 valence electrons. The molecule has 0 saturated carbocycles. The molecule has 2 aromatic carbocycles. The molecule has 6 heteroatoms. The van der Waals surface area contributed by atoms with Gasteiger partial charge in [-0.2, -0.15) is 0 Å². The molecule has 0 aromatic heterocycles. The number of amides is 2. The standard InChI is InChI=1S/C16H16Cl2N2O2/c1-22-15-6-5-13(10-14(15)18)20-16(21)19-8-7-11-3-2-4-12(17)9-11/h2-6,9-10H,7-8H2,1H3,(H2,19,20,21). The average molecular weight is 339 g/mol. The number of rotatable bonds is 5. The lowest BCUT2D eigenvalue weighted by atomic mass is 10.1. The number of benzene rings is 2. The van der Waals surface area contributed by atoms with Crippen molar-refractivity contribution in [3.8, 4) is 5.75 Å². The van der Waals surface area contributed by atoms with Crippen molar-refractivity contribution in [1.29, 1.82) is 0 Å². The van der Waals surface area contributed by atoms with Gasteiger partial charge in [0.1, 0.15) is 5.75 Å². The van der Waals surface area contributed by atoms with E-state index in [-0.39, 0.29) is 6.03 Å². The van der Waals surface area contributed by atoms with Crippen LogP contribution in [0.15, 0.2) is 42.5 Å². The zero-order valence-electron chi connectivity index (χ0n) is 12.0. The molecule has 2 aromatic rings. The van der Waals surface area contributed by atoms with E-state index in [2.05, 4.69) is 10.6 Å². The summed E-state index contributed by atoms with van der Waals surface area (Å²) in [7, 11) is 1.54. The van der Waals surface area contributed by atoms with E-state index < -0.39 is 0 Å². The summed E-state index contributed by atoms with van der Waals surface area (Å²) in [6.45, 7) is 0.510. The molecule has 0 unspecified atom stereocenters. The Morgan fingerprint density at radius 3 is 2.68 bits per heavy atom. The van der Waals surface area contributed by atoms with E-state index in [0.29, 0.717) is 34.4 Å². The molecule has 2 rings (SSSR count). The maximum atomic E-state index is 11.8. The first-order chi connectivity index (χ1) is 10.6. The van der Waals surface area contributed by atoms with Crippen LogP contribution in [0, 0.1) is 0 Å². The molecule has 0 spiro atoms. The van der Waals surface area contributed by atoms with Gasteiger partial charge < -0.3 is 15.4 Å². The fourth-order valence-electron chi connectivity index (χ4n) is 1.93. The summed E-state index contributed by atoms with van der Waals surface area (Å²) in [5.41, 5.74) is 1.67. The number of carbonyl (C=O) groups excluding carboxylic acids is 1. The second-order valence-corrected chi connectivity index (χ2v) is 5.45. The van der Waals surface area contributed by atoms with Gasteiger partial charge in [0, 0.05) is 17.3 Å². The third-order valence-electron chi connectivity index (χ3n) is 3.00. The van der Waals surface area contributed by atoms with Crippen LogP contribution >= 0.6 is 23.2 Å². The second kappa shape index (κ2) is 7.92. The van der Waals surface area contributed by atoms with E-state index in [1.165, 1.54) is 7.11 Å². The normalized spacial score (nSPS) is 10.1. The highest BCUT2D eigenvalue weighted by molar-refractivity contribution is 6.32. The third-order valence-corrected chi connectivity index (χ3v) is 3.53. The fourth-order valence-corrected chi connectivity index (χ4v) is 2.40. The Bertz CT molecular complexity index is 662. The molecule has 0 radical (unpaired) electrons. The zero-order valence-corrected chi connectivity index (χ0v) is 13.5.